The number of fused-ring (bicyclic) bond motifs is 3. The van der Waals surface area contributed by atoms with Gasteiger partial charge in [-0.15, -0.1) is 0 Å². The topological polar surface area (TPSA) is 94.0 Å². The average molecular weight is 434 g/mol. The minimum Gasteiger partial charge on any atom is -0.360 e. The molecule has 0 unspecified atom stereocenters. The number of nitrogens with one attached hydrogen (secondary N) is 1. The van der Waals surface area contributed by atoms with Crippen LogP contribution < -0.4 is 5.32 Å². The second-order valence-corrected chi connectivity index (χ2v) is 9.02. The maximum absolute atomic E-state index is 13.3. The third kappa shape index (κ3) is 3.14. The number of aryl methyl sites for hydroxylation is 3. The van der Waals surface area contributed by atoms with Crippen LogP contribution in [-0.4, -0.2) is 47.1 Å². The molecule has 0 saturated heterocycles. The summed E-state index contributed by atoms with van der Waals surface area (Å²) in [5, 5.41) is 8.31. The highest BCUT2D eigenvalue weighted by atomic mass is 16.5. The second kappa shape index (κ2) is 7.08. The van der Waals surface area contributed by atoms with E-state index in [9.17, 15) is 4.79 Å². The van der Waals surface area contributed by atoms with Gasteiger partial charge in [0.05, 0.1) is 18.3 Å². The van der Waals surface area contributed by atoms with E-state index >= 15 is 0 Å². The van der Waals surface area contributed by atoms with Gasteiger partial charge in [0, 0.05) is 42.8 Å². The monoisotopic (exact) mass is 433 g/mol. The highest BCUT2D eigenvalue weighted by molar-refractivity contribution is 6.07. The Morgan fingerprint density at radius 2 is 2.00 bits per heavy atom. The number of carbonyl (C=O) groups excluding carboxylic acids is 1. The molecule has 4 aromatic heterocycles. The molecule has 2 aliphatic carbocycles. The normalized spacial score (nSPS) is 16.2. The number of imidazole rings is 1. The molecule has 0 aromatic carbocycles. The Hall–Kier alpha value is -3.36. The van der Waals surface area contributed by atoms with E-state index in [-0.39, 0.29) is 5.91 Å². The number of amides is 1. The Morgan fingerprint density at radius 3 is 2.62 bits per heavy atom. The summed E-state index contributed by atoms with van der Waals surface area (Å²) in [6.07, 6.45) is 6.78. The van der Waals surface area contributed by atoms with E-state index in [1.807, 2.05) is 24.6 Å². The van der Waals surface area contributed by atoms with Crippen LogP contribution in [-0.2, 0) is 24.8 Å². The van der Waals surface area contributed by atoms with E-state index in [1.54, 1.807) is 6.33 Å². The minimum absolute atomic E-state index is 0.241. The van der Waals surface area contributed by atoms with Crippen LogP contribution in [0.5, 0.6) is 0 Å². The molecule has 9 heteroatoms. The highest BCUT2D eigenvalue weighted by Gasteiger charge is 2.42. The van der Waals surface area contributed by atoms with Crippen molar-refractivity contribution in [3.63, 3.8) is 0 Å². The summed E-state index contributed by atoms with van der Waals surface area (Å²) in [7, 11) is 1.98. The summed E-state index contributed by atoms with van der Waals surface area (Å²) < 4.78 is 9.35. The molecule has 2 saturated carbocycles. The minimum atomic E-state index is 0.241. The maximum atomic E-state index is 13.3. The highest BCUT2D eigenvalue weighted by Crippen LogP contribution is 2.38. The zero-order chi connectivity index (χ0) is 22.0. The van der Waals surface area contributed by atoms with Crippen molar-refractivity contribution in [3.8, 4) is 0 Å². The predicted molar refractivity (Wildman–Crippen MR) is 121 cm³/mol. The molecule has 0 radical (unpaired) electrons. The molecule has 166 valence electrons. The van der Waals surface area contributed by atoms with Gasteiger partial charge in [-0.05, 0) is 45.6 Å². The molecule has 6 rings (SSSR count). The molecular weight excluding hydrogens is 406 g/mol. The first kappa shape index (κ1) is 19.3. The largest absolute Gasteiger partial charge is 0.360 e. The number of carbonyl (C=O) groups is 1. The van der Waals surface area contributed by atoms with E-state index in [1.165, 1.54) is 0 Å². The van der Waals surface area contributed by atoms with Gasteiger partial charge < -0.3 is 23.9 Å². The number of hydrogen-bond donors (Lipinski definition) is 1. The first-order valence-corrected chi connectivity index (χ1v) is 11.4. The lowest BCUT2D eigenvalue weighted by Crippen LogP contribution is -2.36. The molecule has 1 amide bonds. The van der Waals surface area contributed by atoms with Gasteiger partial charge >= 0.3 is 0 Å². The van der Waals surface area contributed by atoms with Crippen molar-refractivity contribution in [2.45, 2.75) is 64.6 Å². The number of aromatic nitrogens is 5. The molecule has 4 heterocycles. The first-order valence-electron chi connectivity index (χ1n) is 11.4. The second-order valence-electron chi connectivity index (χ2n) is 9.02. The smallest absolute Gasteiger partial charge is 0.229 e. The number of hydrogen-bond acceptors (Lipinski definition) is 6. The standard InChI is InChI=1S/C23H27N7O2/c1-4-29-16(11-19(31)30(14-5-6-14)15-7-8-15)10-17-21-20(24-12-28(21)3)22(26-23(17)29)25-18-9-13(2)32-27-18/h9-10,12,14-15H,4-8,11H2,1-3H3,(H,25,26,27). The fourth-order valence-electron chi connectivity index (χ4n) is 4.76. The summed E-state index contributed by atoms with van der Waals surface area (Å²) in [6, 6.07) is 4.86. The van der Waals surface area contributed by atoms with Crippen LogP contribution in [0.1, 0.15) is 44.1 Å². The van der Waals surface area contributed by atoms with E-state index in [0.29, 0.717) is 30.1 Å². The quantitative estimate of drug-likeness (QED) is 0.478. The van der Waals surface area contributed by atoms with Gasteiger partial charge in [0.1, 0.15) is 16.9 Å². The lowest BCUT2D eigenvalue weighted by Gasteiger charge is -2.22. The zero-order valence-corrected chi connectivity index (χ0v) is 18.6. The molecule has 1 N–H and O–H groups in total. The molecule has 0 atom stereocenters. The summed E-state index contributed by atoms with van der Waals surface area (Å²) in [6.45, 7) is 4.68. The molecule has 9 nitrogen and oxygen atoms in total. The van der Waals surface area contributed by atoms with Crippen LogP contribution in [0.3, 0.4) is 0 Å². The Bertz CT molecular complexity index is 1330. The Kier molecular flexibility index (Phi) is 4.28. The molecule has 32 heavy (non-hydrogen) atoms. The maximum Gasteiger partial charge on any atom is 0.229 e. The van der Waals surface area contributed by atoms with Crippen molar-refractivity contribution in [2.75, 3.05) is 5.32 Å². The molecular formula is C23H27N7O2. The van der Waals surface area contributed by atoms with Gasteiger partial charge in [0.15, 0.2) is 11.6 Å². The van der Waals surface area contributed by atoms with E-state index < -0.39 is 0 Å². The fourth-order valence-corrected chi connectivity index (χ4v) is 4.76. The average Bonchev–Trinajstić information content (AvgIpc) is 3.67. The van der Waals surface area contributed by atoms with Gasteiger partial charge in [-0.1, -0.05) is 5.16 Å². The molecule has 0 bridgehead atoms. The van der Waals surface area contributed by atoms with Crippen LogP contribution in [0.15, 0.2) is 23.0 Å². The lowest BCUT2D eigenvalue weighted by atomic mass is 10.2. The Labute approximate surface area is 185 Å². The van der Waals surface area contributed by atoms with Crippen LogP contribution in [0.25, 0.3) is 22.1 Å². The van der Waals surface area contributed by atoms with Crippen LogP contribution >= 0.6 is 0 Å². The van der Waals surface area contributed by atoms with Crippen molar-refractivity contribution >= 4 is 39.6 Å². The third-order valence-electron chi connectivity index (χ3n) is 6.48. The Balaban J connectivity index is 1.44. The van der Waals surface area contributed by atoms with E-state index in [0.717, 1.165) is 65.7 Å². The van der Waals surface area contributed by atoms with Gasteiger partial charge in [-0.25, -0.2) is 9.97 Å². The number of rotatable bonds is 7. The van der Waals surface area contributed by atoms with Gasteiger partial charge in [0.25, 0.3) is 0 Å². The molecule has 2 aliphatic rings. The van der Waals surface area contributed by atoms with E-state index in [4.69, 9.17) is 9.51 Å². The van der Waals surface area contributed by atoms with Crippen LogP contribution in [0, 0.1) is 6.92 Å². The lowest BCUT2D eigenvalue weighted by molar-refractivity contribution is -0.131. The van der Waals surface area contributed by atoms with Crippen molar-refractivity contribution < 1.29 is 9.32 Å². The number of anilines is 2. The van der Waals surface area contributed by atoms with Crippen LogP contribution in [0.4, 0.5) is 11.6 Å². The predicted octanol–water partition coefficient (Wildman–Crippen LogP) is 3.68. The number of pyridine rings is 1. The summed E-state index contributed by atoms with van der Waals surface area (Å²) >= 11 is 0. The van der Waals surface area contributed by atoms with Crippen molar-refractivity contribution in [3.05, 3.63) is 29.9 Å². The van der Waals surface area contributed by atoms with Crippen molar-refractivity contribution in [1.29, 1.82) is 0 Å². The van der Waals surface area contributed by atoms with E-state index in [2.05, 4.69) is 37.9 Å². The van der Waals surface area contributed by atoms with Gasteiger partial charge in [-0.3, -0.25) is 4.79 Å². The molecule has 0 aliphatic heterocycles. The van der Waals surface area contributed by atoms with Gasteiger partial charge in [0.2, 0.25) is 5.91 Å². The molecule has 2 fully saturated rings. The zero-order valence-electron chi connectivity index (χ0n) is 18.6. The molecule has 0 spiro atoms. The summed E-state index contributed by atoms with van der Waals surface area (Å²) in [5.41, 5.74) is 3.60. The molecule has 4 aromatic rings. The van der Waals surface area contributed by atoms with Crippen molar-refractivity contribution in [1.82, 2.24) is 29.2 Å². The fraction of sp³-hybridized carbons (Fsp3) is 0.478. The van der Waals surface area contributed by atoms with Gasteiger partial charge in [-0.2, -0.15) is 0 Å². The van der Waals surface area contributed by atoms with Crippen LogP contribution in [0.2, 0.25) is 0 Å². The summed E-state index contributed by atoms with van der Waals surface area (Å²) in [4.78, 5) is 24.9. The Morgan fingerprint density at radius 1 is 1.25 bits per heavy atom. The SMILES string of the molecule is CCn1c(CC(=O)N(C2CC2)C2CC2)cc2c3c(ncn3C)c(Nc3cc(C)on3)nc21. The van der Waals surface area contributed by atoms with Crippen molar-refractivity contribution in [2.24, 2.45) is 7.05 Å². The third-order valence-corrected chi connectivity index (χ3v) is 6.48. The first-order chi connectivity index (χ1) is 15.5. The summed E-state index contributed by atoms with van der Waals surface area (Å²) in [5.74, 6) is 2.19. The number of nitrogens with zero attached hydrogens (tertiary/aromatic N) is 6.